The van der Waals surface area contributed by atoms with Crippen molar-refractivity contribution in [3.8, 4) is 5.75 Å². The fraction of sp³-hybridized carbons (Fsp3) is 0.526. The lowest BCUT2D eigenvalue weighted by Crippen LogP contribution is -2.52. The summed E-state index contributed by atoms with van der Waals surface area (Å²) in [6, 6.07) is 4.36. The van der Waals surface area contributed by atoms with E-state index in [1.54, 1.807) is 12.1 Å². The highest BCUT2D eigenvalue weighted by atomic mass is 16.3. The topological polar surface area (TPSA) is 95.5 Å². The molecule has 0 aromatic heterocycles. The number of imide groups is 1. The van der Waals surface area contributed by atoms with E-state index in [1.807, 2.05) is 6.07 Å². The lowest BCUT2D eigenvalue weighted by molar-refractivity contribution is -0.134. The second-order valence-electron chi connectivity index (χ2n) is 7.32. The molecule has 1 aromatic rings. The minimum atomic E-state index is -0.746. The molecule has 6 nitrogen and oxygen atoms in total. The van der Waals surface area contributed by atoms with Gasteiger partial charge >= 0.3 is 0 Å². The van der Waals surface area contributed by atoms with Crippen molar-refractivity contribution < 1.29 is 19.5 Å². The van der Waals surface area contributed by atoms with Crippen LogP contribution in [0.2, 0.25) is 0 Å². The first-order valence-corrected chi connectivity index (χ1v) is 8.89. The molecule has 6 heteroatoms. The highest BCUT2D eigenvalue weighted by Gasteiger charge is 2.29. The summed E-state index contributed by atoms with van der Waals surface area (Å²) < 4.78 is 0. The summed E-state index contributed by atoms with van der Waals surface area (Å²) in [6.45, 7) is 2.26. The van der Waals surface area contributed by atoms with E-state index in [2.05, 4.69) is 17.6 Å². The Hall–Kier alpha value is -2.37. The number of aromatic hydroxyl groups is 1. The van der Waals surface area contributed by atoms with Crippen molar-refractivity contribution in [3.63, 3.8) is 0 Å². The van der Waals surface area contributed by atoms with E-state index in [1.165, 1.54) is 19.3 Å². The van der Waals surface area contributed by atoms with E-state index >= 15 is 0 Å². The first-order valence-electron chi connectivity index (χ1n) is 8.89. The predicted octanol–water partition coefficient (Wildman–Crippen LogP) is 1.91. The summed E-state index contributed by atoms with van der Waals surface area (Å²) in [5.41, 5.74) is 1.17. The number of nitrogens with one attached hydrogen (secondary N) is 2. The van der Waals surface area contributed by atoms with Gasteiger partial charge in [-0.3, -0.25) is 19.7 Å². The minimum absolute atomic E-state index is 0.0756. The molecule has 0 radical (unpaired) electrons. The Morgan fingerprint density at radius 1 is 1.28 bits per heavy atom. The smallest absolute Gasteiger partial charge is 0.255 e. The summed E-state index contributed by atoms with van der Waals surface area (Å²) in [5, 5.41) is 15.0. The third kappa shape index (κ3) is 4.18. The maximum atomic E-state index is 12.3. The number of carbonyl (C=O) groups excluding carboxylic acids is 3. The van der Waals surface area contributed by atoms with Crippen LogP contribution < -0.4 is 10.6 Å². The fourth-order valence-corrected chi connectivity index (χ4v) is 3.81. The monoisotopic (exact) mass is 344 g/mol. The number of phenols is 1. The Balaban J connectivity index is 1.63. The first kappa shape index (κ1) is 17.5. The predicted molar refractivity (Wildman–Crippen MR) is 92.0 cm³/mol. The molecule has 2 aliphatic rings. The second kappa shape index (κ2) is 7.25. The van der Waals surface area contributed by atoms with Gasteiger partial charge in [0.1, 0.15) is 11.8 Å². The van der Waals surface area contributed by atoms with Gasteiger partial charge in [0.2, 0.25) is 11.8 Å². The van der Waals surface area contributed by atoms with E-state index in [0.29, 0.717) is 5.92 Å². The molecule has 1 saturated heterocycles. The zero-order valence-corrected chi connectivity index (χ0v) is 14.4. The van der Waals surface area contributed by atoms with Gasteiger partial charge in [0.25, 0.3) is 5.91 Å². The Bertz CT molecular complexity index is 701. The van der Waals surface area contributed by atoms with Crippen molar-refractivity contribution in [1.29, 1.82) is 0 Å². The van der Waals surface area contributed by atoms with Crippen LogP contribution >= 0.6 is 0 Å². The van der Waals surface area contributed by atoms with Gasteiger partial charge in [-0.1, -0.05) is 19.4 Å². The van der Waals surface area contributed by atoms with Crippen LogP contribution in [-0.4, -0.2) is 28.9 Å². The molecule has 0 bridgehead atoms. The summed E-state index contributed by atoms with van der Waals surface area (Å²) in [4.78, 5) is 35.2. The molecule has 3 atom stereocenters. The van der Waals surface area contributed by atoms with Gasteiger partial charge in [0, 0.05) is 6.42 Å². The molecule has 3 rings (SSSR count). The molecule has 1 saturated carbocycles. The van der Waals surface area contributed by atoms with Gasteiger partial charge in [0.05, 0.1) is 5.56 Å². The van der Waals surface area contributed by atoms with Crippen LogP contribution in [0.15, 0.2) is 18.2 Å². The third-order valence-electron chi connectivity index (χ3n) is 5.18. The Morgan fingerprint density at radius 3 is 2.72 bits per heavy atom. The van der Waals surface area contributed by atoms with Gasteiger partial charge < -0.3 is 10.4 Å². The van der Waals surface area contributed by atoms with E-state index < -0.39 is 17.9 Å². The van der Waals surface area contributed by atoms with Crippen LogP contribution in [0.4, 0.5) is 0 Å². The van der Waals surface area contributed by atoms with E-state index in [-0.39, 0.29) is 30.1 Å². The minimum Gasteiger partial charge on any atom is -0.507 e. The van der Waals surface area contributed by atoms with E-state index in [4.69, 9.17) is 0 Å². The summed E-state index contributed by atoms with van der Waals surface area (Å²) >= 11 is 0. The zero-order chi connectivity index (χ0) is 18.0. The normalized spacial score (nSPS) is 26.4. The van der Waals surface area contributed by atoms with Crippen molar-refractivity contribution in [1.82, 2.24) is 10.6 Å². The summed E-state index contributed by atoms with van der Waals surface area (Å²) in [6.07, 6.45) is 5.05. The summed E-state index contributed by atoms with van der Waals surface area (Å²) in [5.74, 6) is -0.0175. The quantitative estimate of drug-likeness (QED) is 0.727. The van der Waals surface area contributed by atoms with E-state index in [0.717, 1.165) is 17.9 Å². The average Bonchev–Trinajstić information content (AvgIpc) is 2.95. The maximum absolute atomic E-state index is 12.3. The van der Waals surface area contributed by atoms with Crippen LogP contribution in [0.1, 0.15) is 54.9 Å². The maximum Gasteiger partial charge on any atom is 0.255 e. The van der Waals surface area contributed by atoms with Crippen molar-refractivity contribution >= 4 is 17.7 Å². The Kier molecular flexibility index (Phi) is 5.06. The van der Waals surface area contributed by atoms with Crippen molar-refractivity contribution in [2.45, 2.75) is 51.5 Å². The number of hydrogen-bond donors (Lipinski definition) is 3. The molecular weight excluding hydrogens is 320 g/mol. The van der Waals surface area contributed by atoms with E-state index in [9.17, 15) is 19.5 Å². The highest BCUT2D eigenvalue weighted by molar-refractivity contribution is 6.04. The molecule has 25 heavy (non-hydrogen) atoms. The van der Waals surface area contributed by atoms with Crippen LogP contribution in [-0.2, 0) is 16.0 Å². The largest absolute Gasteiger partial charge is 0.507 e. The molecule has 3 unspecified atom stereocenters. The number of amides is 3. The lowest BCUT2D eigenvalue weighted by atomic mass is 9.96. The van der Waals surface area contributed by atoms with Crippen LogP contribution in [0.5, 0.6) is 5.75 Å². The Morgan fingerprint density at radius 2 is 2.08 bits per heavy atom. The second-order valence-corrected chi connectivity index (χ2v) is 7.32. The van der Waals surface area contributed by atoms with Gasteiger partial charge in [0.15, 0.2) is 0 Å². The van der Waals surface area contributed by atoms with Gasteiger partial charge in [-0.05, 0) is 55.2 Å². The summed E-state index contributed by atoms with van der Waals surface area (Å²) in [7, 11) is 0. The van der Waals surface area contributed by atoms with Gasteiger partial charge in [-0.25, -0.2) is 0 Å². The number of hydrogen-bond acceptors (Lipinski definition) is 4. The number of phenolic OH excluding ortho intramolecular Hbond substituents is 1. The van der Waals surface area contributed by atoms with Crippen molar-refractivity contribution in [2.24, 2.45) is 11.8 Å². The molecular formula is C19H24N2O4. The fourth-order valence-electron chi connectivity index (χ4n) is 3.81. The third-order valence-corrected chi connectivity index (χ3v) is 5.18. The van der Waals surface area contributed by atoms with Gasteiger partial charge in [-0.2, -0.15) is 0 Å². The first-order chi connectivity index (χ1) is 11.9. The standard InChI is InChI=1S/C19H24N2O4/c1-11-2-3-12(8-11)9-13-4-5-14(16(22)10-13)18(24)20-15-6-7-17(23)21-19(15)25/h4-5,10-12,15,22H,2-3,6-9H2,1H3,(H,20,24)(H,21,23,25). The molecule has 2 fully saturated rings. The van der Waals surface area contributed by atoms with Crippen LogP contribution in [0.3, 0.4) is 0 Å². The lowest BCUT2D eigenvalue weighted by Gasteiger charge is -2.22. The molecule has 134 valence electrons. The zero-order valence-electron chi connectivity index (χ0n) is 14.4. The van der Waals surface area contributed by atoms with Gasteiger partial charge in [-0.15, -0.1) is 0 Å². The molecule has 0 spiro atoms. The molecule has 1 aliphatic heterocycles. The molecule has 1 heterocycles. The number of rotatable bonds is 4. The SMILES string of the molecule is CC1CCC(Cc2ccc(C(=O)NC3CCC(=O)NC3=O)c(O)c2)C1. The molecule has 3 amide bonds. The Labute approximate surface area is 147 Å². The average molecular weight is 344 g/mol. The van der Waals surface area contributed by atoms with Crippen LogP contribution in [0.25, 0.3) is 0 Å². The molecule has 3 N–H and O–H groups in total. The highest BCUT2D eigenvalue weighted by Crippen LogP contribution is 2.33. The van der Waals surface area contributed by atoms with Crippen molar-refractivity contribution in [2.75, 3.05) is 0 Å². The molecule has 1 aliphatic carbocycles. The molecule has 1 aromatic carbocycles. The van der Waals surface area contributed by atoms with Crippen LogP contribution in [0, 0.1) is 11.8 Å². The number of piperidine rings is 1. The van der Waals surface area contributed by atoms with Crippen molar-refractivity contribution in [3.05, 3.63) is 29.3 Å². The number of benzene rings is 1. The number of carbonyl (C=O) groups is 3.